The average Bonchev–Trinajstić information content (AvgIpc) is 2.86. The van der Waals surface area contributed by atoms with Gasteiger partial charge in [0.05, 0.1) is 26.1 Å². The summed E-state index contributed by atoms with van der Waals surface area (Å²) in [6.07, 6.45) is 3.83. The zero-order valence-electron chi connectivity index (χ0n) is 19.1. The Morgan fingerprint density at radius 2 is 1.31 bits per heavy atom. The summed E-state index contributed by atoms with van der Waals surface area (Å²) < 4.78 is 0. The third kappa shape index (κ3) is 6.39. The molecular weight excluding hydrogens is 538 g/mol. The van der Waals surface area contributed by atoms with Gasteiger partial charge in [0, 0.05) is 24.2 Å². The van der Waals surface area contributed by atoms with Gasteiger partial charge in [-0.15, -0.1) is 0 Å². The standard InChI is InChI=1S/C28H22Cl4N2O2/c29-22-8-6-18(12-24(22)31)10-20-15-34(28(36)26(33)14-17-4-2-1-3-5-17)16-21(27(20)35)11-19-7-9-23(30)25(32)13-19/h1-13,26H,14-16,33H2/b20-10+,21-11+/t26-/m0/s1. The Bertz CT molecular complexity index is 1300. The van der Waals surface area contributed by atoms with Gasteiger partial charge in [-0.05, 0) is 59.5 Å². The topological polar surface area (TPSA) is 63.4 Å². The molecule has 0 aliphatic carbocycles. The molecule has 0 saturated carbocycles. The minimum atomic E-state index is -0.752. The molecule has 0 bridgehead atoms. The van der Waals surface area contributed by atoms with Gasteiger partial charge < -0.3 is 10.6 Å². The molecule has 1 aliphatic heterocycles. The average molecular weight is 560 g/mol. The molecule has 3 aromatic rings. The van der Waals surface area contributed by atoms with Gasteiger partial charge in [0.15, 0.2) is 5.78 Å². The molecule has 0 unspecified atom stereocenters. The van der Waals surface area contributed by atoms with Crippen LogP contribution in [0.2, 0.25) is 20.1 Å². The van der Waals surface area contributed by atoms with E-state index in [1.165, 1.54) is 0 Å². The lowest BCUT2D eigenvalue weighted by atomic mass is 9.93. The summed E-state index contributed by atoms with van der Waals surface area (Å²) in [5, 5.41) is 1.58. The molecule has 1 aliphatic rings. The zero-order valence-corrected chi connectivity index (χ0v) is 22.1. The van der Waals surface area contributed by atoms with E-state index >= 15 is 0 Å². The van der Waals surface area contributed by atoms with E-state index in [-0.39, 0.29) is 24.8 Å². The molecule has 184 valence electrons. The first-order valence-corrected chi connectivity index (χ1v) is 12.7. The van der Waals surface area contributed by atoms with Crippen molar-refractivity contribution < 1.29 is 9.59 Å². The number of halogens is 4. The molecule has 4 rings (SSSR count). The highest BCUT2D eigenvalue weighted by atomic mass is 35.5. The predicted octanol–water partition coefficient (Wildman–Crippen LogP) is 6.75. The first-order chi connectivity index (χ1) is 17.2. The van der Waals surface area contributed by atoms with E-state index in [0.29, 0.717) is 48.8 Å². The van der Waals surface area contributed by atoms with Gasteiger partial charge in [-0.1, -0.05) is 88.9 Å². The molecule has 4 nitrogen and oxygen atoms in total. The van der Waals surface area contributed by atoms with Crippen LogP contribution in [0, 0.1) is 0 Å². The SMILES string of the molecule is N[C@@H](Cc1ccccc1)C(=O)N1C/C(=C\c2ccc(Cl)c(Cl)c2)C(=O)/C(=C/c2ccc(Cl)c(Cl)c2)C1. The maximum atomic E-state index is 13.4. The van der Waals surface area contributed by atoms with E-state index in [1.54, 1.807) is 53.5 Å². The number of carbonyl (C=O) groups excluding carboxylic acids is 2. The number of ketones is 1. The highest BCUT2D eigenvalue weighted by Gasteiger charge is 2.31. The fourth-order valence-electron chi connectivity index (χ4n) is 3.99. The van der Waals surface area contributed by atoms with Gasteiger partial charge in [0.1, 0.15) is 0 Å². The molecule has 1 fully saturated rings. The number of hydrogen-bond donors (Lipinski definition) is 1. The van der Waals surface area contributed by atoms with Crippen molar-refractivity contribution in [3.8, 4) is 0 Å². The number of hydrogen-bond acceptors (Lipinski definition) is 3. The van der Waals surface area contributed by atoms with Crippen LogP contribution in [-0.4, -0.2) is 35.7 Å². The zero-order chi connectivity index (χ0) is 25.8. The summed E-state index contributed by atoms with van der Waals surface area (Å²) in [5.41, 5.74) is 9.54. The number of Topliss-reactive ketones (excluding diaryl/α,β-unsaturated/α-hetero) is 1. The molecule has 1 atom stereocenters. The monoisotopic (exact) mass is 558 g/mol. The third-order valence-corrected chi connectivity index (χ3v) is 7.28. The highest BCUT2D eigenvalue weighted by molar-refractivity contribution is 6.42. The number of benzene rings is 3. The molecule has 1 saturated heterocycles. The summed E-state index contributed by atoms with van der Waals surface area (Å²) in [4.78, 5) is 28.4. The van der Waals surface area contributed by atoms with Crippen LogP contribution in [0.5, 0.6) is 0 Å². The van der Waals surface area contributed by atoms with Gasteiger partial charge in [-0.3, -0.25) is 9.59 Å². The number of piperidine rings is 1. The van der Waals surface area contributed by atoms with E-state index in [2.05, 4.69) is 0 Å². The van der Waals surface area contributed by atoms with Crippen molar-refractivity contribution in [3.05, 3.63) is 115 Å². The van der Waals surface area contributed by atoms with Crippen LogP contribution in [0.1, 0.15) is 16.7 Å². The molecule has 3 aromatic carbocycles. The second-order valence-electron chi connectivity index (χ2n) is 8.51. The first-order valence-electron chi connectivity index (χ1n) is 11.2. The molecule has 2 N–H and O–H groups in total. The maximum absolute atomic E-state index is 13.4. The second-order valence-corrected chi connectivity index (χ2v) is 10.1. The molecule has 1 amide bonds. The number of amides is 1. The van der Waals surface area contributed by atoms with Gasteiger partial charge in [-0.2, -0.15) is 0 Å². The number of likely N-dealkylation sites (tertiary alicyclic amines) is 1. The van der Waals surface area contributed by atoms with Crippen LogP contribution in [-0.2, 0) is 16.0 Å². The Hall–Kier alpha value is -2.60. The lowest BCUT2D eigenvalue weighted by Gasteiger charge is -2.32. The fourth-order valence-corrected chi connectivity index (χ4v) is 4.60. The number of nitrogens with zero attached hydrogens (tertiary/aromatic N) is 1. The lowest BCUT2D eigenvalue weighted by Crippen LogP contribution is -2.49. The molecule has 36 heavy (non-hydrogen) atoms. The summed E-state index contributed by atoms with van der Waals surface area (Å²) in [5.74, 6) is -0.417. The van der Waals surface area contributed by atoms with Crippen molar-refractivity contribution in [1.29, 1.82) is 0 Å². The molecule has 0 radical (unpaired) electrons. The number of rotatable bonds is 5. The van der Waals surface area contributed by atoms with Crippen LogP contribution in [0.25, 0.3) is 12.2 Å². The number of carbonyl (C=O) groups is 2. The van der Waals surface area contributed by atoms with E-state index < -0.39 is 6.04 Å². The normalized spacial score (nSPS) is 17.0. The van der Waals surface area contributed by atoms with Gasteiger partial charge in [-0.25, -0.2) is 0 Å². The Balaban J connectivity index is 1.68. The van der Waals surface area contributed by atoms with E-state index in [4.69, 9.17) is 52.1 Å². The minimum Gasteiger partial charge on any atom is -0.332 e. The van der Waals surface area contributed by atoms with Crippen molar-refractivity contribution in [2.75, 3.05) is 13.1 Å². The third-order valence-electron chi connectivity index (χ3n) is 5.80. The Kier molecular flexibility index (Phi) is 8.55. The smallest absolute Gasteiger partial charge is 0.240 e. The van der Waals surface area contributed by atoms with Crippen molar-refractivity contribution in [2.24, 2.45) is 5.73 Å². The Morgan fingerprint density at radius 3 is 1.78 bits per heavy atom. The highest BCUT2D eigenvalue weighted by Crippen LogP contribution is 2.28. The summed E-state index contributed by atoms with van der Waals surface area (Å²) in [6, 6.07) is 19.0. The minimum absolute atomic E-state index is 0.124. The van der Waals surface area contributed by atoms with Crippen LogP contribution >= 0.6 is 46.4 Å². The molecule has 0 aromatic heterocycles. The largest absolute Gasteiger partial charge is 0.332 e. The fraction of sp³-hybridized carbons (Fsp3) is 0.143. The van der Waals surface area contributed by atoms with Crippen molar-refractivity contribution in [1.82, 2.24) is 4.90 Å². The lowest BCUT2D eigenvalue weighted by molar-refractivity contribution is -0.132. The first kappa shape index (κ1) is 26.5. The van der Waals surface area contributed by atoms with Gasteiger partial charge >= 0.3 is 0 Å². The van der Waals surface area contributed by atoms with Gasteiger partial charge in [0.2, 0.25) is 5.91 Å². The summed E-state index contributed by atoms with van der Waals surface area (Å²) in [6.45, 7) is 0.248. The van der Waals surface area contributed by atoms with Crippen LogP contribution in [0.3, 0.4) is 0 Å². The number of nitrogens with two attached hydrogens (primary N) is 1. The second kappa shape index (κ2) is 11.6. The quantitative estimate of drug-likeness (QED) is 0.352. The van der Waals surface area contributed by atoms with Crippen molar-refractivity contribution in [3.63, 3.8) is 0 Å². The van der Waals surface area contributed by atoms with Crippen molar-refractivity contribution >= 4 is 70.2 Å². The molecule has 0 spiro atoms. The van der Waals surface area contributed by atoms with Crippen LogP contribution < -0.4 is 5.73 Å². The molecular formula is C28H22Cl4N2O2. The predicted molar refractivity (Wildman–Crippen MR) is 149 cm³/mol. The summed E-state index contributed by atoms with van der Waals surface area (Å²) >= 11 is 24.4. The molecule has 1 heterocycles. The maximum Gasteiger partial charge on any atom is 0.240 e. The summed E-state index contributed by atoms with van der Waals surface area (Å²) in [7, 11) is 0. The van der Waals surface area contributed by atoms with E-state index in [0.717, 1.165) is 5.56 Å². The van der Waals surface area contributed by atoms with Crippen molar-refractivity contribution in [2.45, 2.75) is 12.5 Å². The van der Waals surface area contributed by atoms with E-state index in [9.17, 15) is 9.59 Å². The van der Waals surface area contributed by atoms with Crippen LogP contribution in [0.4, 0.5) is 0 Å². The Morgan fingerprint density at radius 1 is 0.806 bits per heavy atom. The van der Waals surface area contributed by atoms with Crippen LogP contribution in [0.15, 0.2) is 77.9 Å². The Labute approximate surface area is 229 Å². The van der Waals surface area contributed by atoms with E-state index in [1.807, 2.05) is 30.3 Å². The van der Waals surface area contributed by atoms with Gasteiger partial charge in [0.25, 0.3) is 0 Å². The molecule has 8 heteroatoms.